The van der Waals surface area contributed by atoms with Crippen molar-refractivity contribution in [2.75, 3.05) is 26.3 Å². The summed E-state index contributed by atoms with van der Waals surface area (Å²) in [5.41, 5.74) is 0.348. The summed E-state index contributed by atoms with van der Waals surface area (Å²) in [7, 11) is 0. The van der Waals surface area contributed by atoms with Crippen molar-refractivity contribution in [1.29, 1.82) is 0 Å². The Bertz CT molecular complexity index is 704. The van der Waals surface area contributed by atoms with Gasteiger partial charge in [0.15, 0.2) is 0 Å². The Kier molecular flexibility index (Phi) is 4.44. The molecule has 1 aliphatic heterocycles. The first kappa shape index (κ1) is 16.1. The molecule has 0 unspecified atom stereocenters. The van der Waals surface area contributed by atoms with E-state index in [1.54, 1.807) is 18.6 Å². The van der Waals surface area contributed by atoms with Gasteiger partial charge in [0.05, 0.1) is 31.6 Å². The van der Waals surface area contributed by atoms with Crippen molar-refractivity contribution in [2.24, 2.45) is 5.92 Å². The summed E-state index contributed by atoms with van der Waals surface area (Å²) in [5, 5.41) is 0. The van der Waals surface area contributed by atoms with E-state index >= 15 is 0 Å². The number of carbonyl (C=O) groups is 1. The molecule has 0 bridgehead atoms. The Hall–Kier alpha value is -2.34. The van der Waals surface area contributed by atoms with Gasteiger partial charge < -0.3 is 19.4 Å². The van der Waals surface area contributed by atoms with E-state index in [1.165, 1.54) is 0 Å². The van der Waals surface area contributed by atoms with Gasteiger partial charge in [-0.3, -0.25) is 9.78 Å². The molecule has 2 atom stereocenters. The predicted molar refractivity (Wildman–Crippen MR) is 92.5 cm³/mol. The van der Waals surface area contributed by atoms with Gasteiger partial charge in [-0.15, -0.1) is 0 Å². The second kappa shape index (κ2) is 6.88. The van der Waals surface area contributed by atoms with Crippen molar-refractivity contribution < 1.29 is 14.3 Å². The standard InChI is InChI=1S/C19H23N3O3/c23-18(17-6-3-9-21-17)22-10-11-25-19(14-22)7-1-4-15(19)13-24-16-5-2-8-20-12-16/h2-3,5-6,8-9,12,15,21H,1,4,7,10-11,13-14H2/t15-,19-/m1/s1. The van der Waals surface area contributed by atoms with E-state index in [1.807, 2.05) is 29.2 Å². The number of aromatic amines is 1. The van der Waals surface area contributed by atoms with Gasteiger partial charge in [-0.05, 0) is 43.5 Å². The fraction of sp³-hybridized carbons (Fsp3) is 0.474. The number of rotatable bonds is 4. The highest BCUT2D eigenvalue weighted by Crippen LogP contribution is 2.41. The first-order valence-electron chi connectivity index (χ1n) is 8.86. The van der Waals surface area contributed by atoms with Gasteiger partial charge in [0.2, 0.25) is 0 Å². The van der Waals surface area contributed by atoms with Gasteiger partial charge in [0.25, 0.3) is 5.91 Å². The lowest BCUT2D eigenvalue weighted by atomic mass is 9.89. The van der Waals surface area contributed by atoms with Crippen molar-refractivity contribution in [3.8, 4) is 5.75 Å². The largest absolute Gasteiger partial charge is 0.492 e. The molecule has 6 heteroatoms. The molecule has 2 fully saturated rings. The van der Waals surface area contributed by atoms with Crippen LogP contribution in [-0.4, -0.2) is 52.7 Å². The molecule has 2 aliphatic rings. The lowest BCUT2D eigenvalue weighted by Gasteiger charge is -2.43. The molecule has 25 heavy (non-hydrogen) atoms. The van der Waals surface area contributed by atoms with Crippen LogP contribution in [0.4, 0.5) is 0 Å². The Morgan fingerprint density at radius 2 is 2.40 bits per heavy atom. The summed E-state index contributed by atoms with van der Waals surface area (Å²) in [6, 6.07) is 7.46. The molecule has 1 N–H and O–H groups in total. The van der Waals surface area contributed by atoms with Crippen molar-refractivity contribution >= 4 is 5.91 Å². The third kappa shape index (κ3) is 3.26. The molecule has 1 aliphatic carbocycles. The molecule has 2 aromatic heterocycles. The van der Waals surface area contributed by atoms with Crippen LogP contribution in [0.25, 0.3) is 0 Å². The maximum Gasteiger partial charge on any atom is 0.270 e. The van der Waals surface area contributed by atoms with E-state index in [-0.39, 0.29) is 17.4 Å². The summed E-state index contributed by atoms with van der Waals surface area (Å²) in [5.74, 6) is 1.11. The van der Waals surface area contributed by atoms with Gasteiger partial charge in [0, 0.05) is 24.9 Å². The second-order valence-electron chi connectivity index (χ2n) is 6.81. The van der Waals surface area contributed by atoms with Crippen LogP contribution in [0, 0.1) is 5.92 Å². The molecule has 132 valence electrons. The fourth-order valence-electron chi connectivity index (χ4n) is 3.99. The molecular weight excluding hydrogens is 318 g/mol. The van der Waals surface area contributed by atoms with Crippen molar-refractivity contribution in [3.05, 3.63) is 48.5 Å². The molecular formula is C19H23N3O3. The maximum atomic E-state index is 12.7. The van der Waals surface area contributed by atoms with Crippen molar-refractivity contribution in [2.45, 2.75) is 24.9 Å². The molecule has 6 nitrogen and oxygen atoms in total. The fourth-order valence-corrected chi connectivity index (χ4v) is 3.99. The number of pyridine rings is 1. The maximum absolute atomic E-state index is 12.7. The molecule has 3 heterocycles. The minimum Gasteiger partial charge on any atom is -0.492 e. The second-order valence-corrected chi connectivity index (χ2v) is 6.81. The highest BCUT2D eigenvalue weighted by molar-refractivity contribution is 5.92. The quantitative estimate of drug-likeness (QED) is 0.928. The van der Waals surface area contributed by atoms with Crippen molar-refractivity contribution in [1.82, 2.24) is 14.9 Å². The first-order valence-corrected chi connectivity index (χ1v) is 8.86. The van der Waals surface area contributed by atoms with Crippen LogP contribution >= 0.6 is 0 Å². The van der Waals surface area contributed by atoms with Gasteiger partial charge in [0.1, 0.15) is 11.4 Å². The molecule has 0 aromatic carbocycles. The lowest BCUT2D eigenvalue weighted by molar-refractivity contribution is -0.126. The third-order valence-corrected chi connectivity index (χ3v) is 5.31. The number of carbonyl (C=O) groups excluding carboxylic acids is 1. The van der Waals surface area contributed by atoms with Gasteiger partial charge >= 0.3 is 0 Å². The molecule has 1 amide bonds. The van der Waals surface area contributed by atoms with Crippen LogP contribution in [0.15, 0.2) is 42.9 Å². The van der Waals surface area contributed by atoms with E-state index in [9.17, 15) is 4.79 Å². The molecule has 0 radical (unpaired) electrons. The summed E-state index contributed by atoms with van der Waals surface area (Å²) in [4.78, 5) is 21.7. The molecule has 1 saturated heterocycles. The molecule has 4 rings (SSSR count). The monoisotopic (exact) mass is 341 g/mol. The molecule has 1 saturated carbocycles. The number of H-pyrrole nitrogens is 1. The van der Waals surface area contributed by atoms with Crippen LogP contribution in [0.5, 0.6) is 5.75 Å². The summed E-state index contributed by atoms with van der Waals surface area (Å²) >= 11 is 0. The first-order chi connectivity index (χ1) is 12.3. The Morgan fingerprint density at radius 3 is 3.20 bits per heavy atom. The van der Waals surface area contributed by atoms with Crippen LogP contribution in [-0.2, 0) is 4.74 Å². The van der Waals surface area contributed by atoms with E-state index in [4.69, 9.17) is 9.47 Å². The summed E-state index contributed by atoms with van der Waals surface area (Å²) in [6.45, 7) is 2.44. The highest BCUT2D eigenvalue weighted by atomic mass is 16.5. The topological polar surface area (TPSA) is 67.5 Å². The van der Waals surface area contributed by atoms with E-state index in [0.717, 1.165) is 25.0 Å². The Balaban J connectivity index is 1.44. The van der Waals surface area contributed by atoms with Gasteiger partial charge in [-0.25, -0.2) is 0 Å². The van der Waals surface area contributed by atoms with Crippen molar-refractivity contribution in [3.63, 3.8) is 0 Å². The molecule has 1 spiro atoms. The molecule has 2 aromatic rings. The summed E-state index contributed by atoms with van der Waals surface area (Å²) in [6.07, 6.45) is 8.38. The zero-order valence-electron chi connectivity index (χ0n) is 14.2. The highest BCUT2D eigenvalue weighted by Gasteiger charge is 2.48. The zero-order valence-corrected chi connectivity index (χ0v) is 14.2. The number of aromatic nitrogens is 2. The van der Waals surface area contributed by atoms with Crippen LogP contribution in [0.1, 0.15) is 29.8 Å². The zero-order chi connectivity index (χ0) is 17.1. The lowest BCUT2D eigenvalue weighted by Crippen LogP contribution is -2.56. The summed E-state index contributed by atoms with van der Waals surface area (Å²) < 4.78 is 12.2. The smallest absolute Gasteiger partial charge is 0.270 e. The van der Waals surface area contributed by atoms with E-state index in [2.05, 4.69) is 9.97 Å². The number of amides is 1. The van der Waals surface area contributed by atoms with Crippen LogP contribution < -0.4 is 4.74 Å². The van der Waals surface area contributed by atoms with E-state index < -0.39 is 0 Å². The third-order valence-electron chi connectivity index (χ3n) is 5.31. The SMILES string of the molecule is O=C(c1ccc[nH]1)N1CCO[C@]2(CCC[C@@H]2COc2cccnc2)C1. The van der Waals surface area contributed by atoms with Gasteiger partial charge in [-0.1, -0.05) is 0 Å². The Labute approximate surface area is 147 Å². The van der Waals surface area contributed by atoms with Crippen LogP contribution in [0.3, 0.4) is 0 Å². The number of hydrogen-bond donors (Lipinski definition) is 1. The van der Waals surface area contributed by atoms with Crippen LogP contribution in [0.2, 0.25) is 0 Å². The average Bonchev–Trinajstić information content (AvgIpc) is 3.31. The predicted octanol–water partition coefficient (Wildman–Crippen LogP) is 2.50. The number of nitrogens with zero attached hydrogens (tertiary/aromatic N) is 2. The number of morpholine rings is 1. The minimum atomic E-state index is -0.289. The minimum absolute atomic E-state index is 0.0477. The number of hydrogen-bond acceptors (Lipinski definition) is 4. The average molecular weight is 341 g/mol. The Morgan fingerprint density at radius 1 is 1.44 bits per heavy atom. The number of nitrogens with one attached hydrogen (secondary N) is 1. The van der Waals surface area contributed by atoms with Gasteiger partial charge in [-0.2, -0.15) is 0 Å². The van der Waals surface area contributed by atoms with E-state index in [0.29, 0.717) is 32.0 Å². The number of ether oxygens (including phenoxy) is 2. The normalized spacial score (nSPS) is 26.1.